The minimum atomic E-state index is -0.487. The number of amides is 1. The molecule has 22 heavy (non-hydrogen) atoms. The lowest BCUT2D eigenvalue weighted by atomic mass is 9.95. The second-order valence-electron chi connectivity index (χ2n) is 4.72. The zero-order valence-corrected chi connectivity index (χ0v) is 11.7. The van der Waals surface area contributed by atoms with Gasteiger partial charge in [-0.15, -0.1) is 0 Å². The molecule has 1 aromatic heterocycles. The molecular weight excluding hydrogens is 280 g/mol. The van der Waals surface area contributed by atoms with E-state index in [-0.39, 0.29) is 5.96 Å². The Labute approximate surface area is 127 Å². The molecule has 6 nitrogen and oxygen atoms in total. The van der Waals surface area contributed by atoms with Crippen LogP contribution < -0.4 is 16.2 Å². The van der Waals surface area contributed by atoms with E-state index in [1.165, 1.54) is 0 Å². The van der Waals surface area contributed by atoms with Crippen molar-refractivity contribution in [2.45, 2.75) is 0 Å². The first-order valence-corrected chi connectivity index (χ1v) is 6.67. The number of aromatic nitrogens is 1. The maximum atomic E-state index is 12.0. The van der Waals surface area contributed by atoms with Crippen LogP contribution in [0.2, 0.25) is 0 Å². The summed E-state index contributed by atoms with van der Waals surface area (Å²) in [4.78, 5) is 19.6. The first-order chi connectivity index (χ1) is 10.6. The fourth-order valence-corrected chi connectivity index (χ4v) is 2.30. The van der Waals surface area contributed by atoms with Crippen LogP contribution >= 0.6 is 0 Å². The minimum Gasteiger partial charge on any atom is -0.489 e. The van der Waals surface area contributed by atoms with Gasteiger partial charge in [-0.2, -0.15) is 4.99 Å². The number of carbonyl (C=O) groups excluding carboxylic acids is 1. The van der Waals surface area contributed by atoms with Crippen molar-refractivity contribution in [3.8, 4) is 5.75 Å². The summed E-state index contributed by atoms with van der Waals surface area (Å²) in [6, 6.07) is 8.92. The Morgan fingerprint density at radius 3 is 2.86 bits per heavy atom. The zero-order chi connectivity index (χ0) is 15.5. The number of carbonyl (C=O) groups is 1. The quantitative estimate of drug-likeness (QED) is 0.642. The van der Waals surface area contributed by atoms with Crippen LogP contribution in [-0.2, 0) is 0 Å². The number of rotatable bonds is 2. The fourth-order valence-electron chi connectivity index (χ4n) is 2.30. The third-order valence-electron chi connectivity index (χ3n) is 3.25. The summed E-state index contributed by atoms with van der Waals surface area (Å²) in [5, 5.41) is 0. The monoisotopic (exact) mass is 294 g/mol. The molecule has 0 radical (unpaired) electrons. The van der Waals surface area contributed by atoms with Gasteiger partial charge >= 0.3 is 0 Å². The van der Waals surface area contributed by atoms with Gasteiger partial charge in [0.05, 0.1) is 0 Å². The van der Waals surface area contributed by atoms with Crippen molar-refractivity contribution in [3.63, 3.8) is 0 Å². The summed E-state index contributed by atoms with van der Waals surface area (Å²) in [5.41, 5.74) is 13.6. The molecule has 0 saturated carbocycles. The van der Waals surface area contributed by atoms with Crippen LogP contribution in [0.5, 0.6) is 5.75 Å². The molecule has 4 N–H and O–H groups in total. The average Bonchev–Trinajstić information content (AvgIpc) is 2.54. The third-order valence-corrected chi connectivity index (χ3v) is 3.25. The zero-order valence-electron chi connectivity index (χ0n) is 11.7. The van der Waals surface area contributed by atoms with Gasteiger partial charge in [0, 0.05) is 29.1 Å². The molecule has 2 aromatic rings. The van der Waals surface area contributed by atoms with Crippen molar-refractivity contribution in [2.24, 2.45) is 16.5 Å². The molecule has 0 atom stereocenters. The number of guanidine groups is 1. The molecule has 1 aliphatic rings. The Morgan fingerprint density at radius 1 is 1.27 bits per heavy atom. The highest BCUT2D eigenvalue weighted by Crippen LogP contribution is 2.34. The van der Waals surface area contributed by atoms with Gasteiger partial charge in [-0.3, -0.25) is 9.78 Å². The largest absolute Gasteiger partial charge is 0.489 e. The van der Waals surface area contributed by atoms with Crippen LogP contribution in [0.15, 0.2) is 53.8 Å². The smallest absolute Gasteiger partial charge is 0.280 e. The van der Waals surface area contributed by atoms with Gasteiger partial charge in [-0.25, -0.2) is 0 Å². The summed E-state index contributed by atoms with van der Waals surface area (Å²) < 4.78 is 5.60. The van der Waals surface area contributed by atoms with E-state index in [1.807, 2.05) is 18.2 Å². The van der Waals surface area contributed by atoms with Gasteiger partial charge in [0.15, 0.2) is 5.96 Å². The van der Waals surface area contributed by atoms with E-state index in [0.29, 0.717) is 17.9 Å². The molecule has 1 aliphatic heterocycles. The molecular formula is C16H14N4O2. The molecule has 110 valence electrons. The maximum Gasteiger partial charge on any atom is 0.280 e. The Morgan fingerprint density at radius 2 is 2.14 bits per heavy atom. The Bertz CT molecular complexity index is 778. The molecule has 3 rings (SSSR count). The predicted octanol–water partition coefficient (Wildman–Crippen LogP) is 1.32. The summed E-state index contributed by atoms with van der Waals surface area (Å²) >= 11 is 0. The van der Waals surface area contributed by atoms with E-state index in [9.17, 15) is 4.79 Å². The lowest BCUT2D eigenvalue weighted by Crippen LogP contribution is -2.24. The number of hydrogen-bond acceptors (Lipinski definition) is 3. The SMILES string of the molecule is NC(N)=NC(=O)c1ccc2c(c1)C(c1cccnc1)=CCO2. The number of pyridine rings is 1. The van der Waals surface area contributed by atoms with Gasteiger partial charge in [0.2, 0.25) is 0 Å². The number of nitrogens with two attached hydrogens (primary N) is 2. The van der Waals surface area contributed by atoms with Gasteiger partial charge < -0.3 is 16.2 Å². The fraction of sp³-hybridized carbons (Fsp3) is 0.0625. The average molecular weight is 294 g/mol. The first kappa shape index (κ1) is 13.8. The summed E-state index contributed by atoms with van der Waals surface area (Å²) in [5.74, 6) is -0.0384. The molecule has 1 aromatic carbocycles. The Balaban J connectivity index is 2.06. The molecule has 0 bridgehead atoms. The van der Waals surface area contributed by atoms with E-state index in [1.54, 1.807) is 30.6 Å². The summed E-state index contributed by atoms with van der Waals surface area (Å²) in [7, 11) is 0. The van der Waals surface area contributed by atoms with E-state index in [4.69, 9.17) is 16.2 Å². The summed E-state index contributed by atoms with van der Waals surface area (Å²) in [6.07, 6.45) is 5.43. The number of benzene rings is 1. The molecule has 0 aliphatic carbocycles. The normalized spacial score (nSPS) is 12.6. The highest BCUT2D eigenvalue weighted by atomic mass is 16.5. The Hall–Kier alpha value is -3.15. The predicted molar refractivity (Wildman–Crippen MR) is 83.4 cm³/mol. The van der Waals surface area contributed by atoms with Crippen LogP contribution in [0.25, 0.3) is 5.57 Å². The van der Waals surface area contributed by atoms with E-state index >= 15 is 0 Å². The van der Waals surface area contributed by atoms with Crippen molar-refractivity contribution in [1.29, 1.82) is 0 Å². The lowest BCUT2D eigenvalue weighted by Gasteiger charge is -2.19. The minimum absolute atomic E-state index is 0.262. The van der Waals surface area contributed by atoms with Gasteiger partial charge in [0.1, 0.15) is 12.4 Å². The van der Waals surface area contributed by atoms with Crippen LogP contribution in [0.1, 0.15) is 21.5 Å². The molecule has 0 unspecified atom stereocenters. The number of hydrogen-bond donors (Lipinski definition) is 2. The summed E-state index contributed by atoms with van der Waals surface area (Å²) in [6.45, 7) is 0.471. The molecule has 0 spiro atoms. The van der Waals surface area contributed by atoms with Crippen LogP contribution in [0.4, 0.5) is 0 Å². The van der Waals surface area contributed by atoms with Crippen molar-refractivity contribution < 1.29 is 9.53 Å². The number of nitrogens with zero attached hydrogens (tertiary/aromatic N) is 2. The highest BCUT2D eigenvalue weighted by Gasteiger charge is 2.18. The second kappa shape index (κ2) is 5.69. The van der Waals surface area contributed by atoms with Gasteiger partial charge in [-0.1, -0.05) is 6.07 Å². The molecule has 1 amide bonds. The van der Waals surface area contributed by atoms with Crippen LogP contribution in [-0.4, -0.2) is 23.5 Å². The third kappa shape index (κ3) is 2.67. The molecule has 6 heteroatoms. The standard InChI is InChI=1S/C16H14N4O2/c17-16(18)20-15(21)10-3-4-14-13(8-10)12(5-7-22-14)11-2-1-6-19-9-11/h1-6,8-9H,7H2,(H4,17,18,20,21). The highest BCUT2D eigenvalue weighted by molar-refractivity contribution is 6.03. The van der Waals surface area contributed by atoms with Gasteiger partial charge in [0.25, 0.3) is 5.91 Å². The van der Waals surface area contributed by atoms with Crippen LogP contribution in [0.3, 0.4) is 0 Å². The number of fused-ring (bicyclic) bond motifs is 1. The van der Waals surface area contributed by atoms with E-state index < -0.39 is 5.91 Å². The van der Waals surface area contributed by atoms with E-state index in [2.05, 4.69) is 9.98 Å². The van der Waals surface area contributed by atoms with Gasteiger partial charge in [-0.05, 0) is 35.9 Å². The maximum absolute atomic E-state index is 12.0. The van der Waals surface area contributed by atoms with Crippen molar-refractivity contribution in [2.75, 3.05) is 6.61 Å². The van der Waals surface area contributed by atoms with Crippen LogP contribution in [0, 0.1) is 0 Å². The second-order valence-corrected chi connectivity index (χ2v) is 4.72. The topological polar surface area (TPSA) is 104 Å². The van der Waals surface area contributed by atoms with Crippen molar-refractivity contribution in [1.82, 2.24) is 4.98 Å². The lowest BCUT2D eigenvalue weighted by molar-refractivity contribution is 0.100. The number of aliphatic imine (C=N–C) groups is 1. The Kier molecular flexibility index (Phi) is 3.57. The molecule has 2 heterocycles. The molecule has 0 fully saturated rings. The number of ether oxygens (including phenoxy) is 1. The first-order valence-electron chi connectivity index (χ1n) is 6.67. The van der Waals surface area contributed by atoms with Crippen molar-refractivity contribution in [3.05, 3.63) is 65.5 Å². The van der Waals surface area contributed by atoms with Crippen molar-refractivity contribution >= 4 is 17.4 Å². The van der Waals surface area contributed by atoms with E-state index in [0.717, 1.165) is 16.7 Å². The molecule has 0 saturated heterocycles.